The molecule has 1 saturated heterocycles. The lowest BCUT2D eigenvalue weighted by Gasteiger charge is -2.29. The van der Waals surface area contributed by atoms with Crippen LogP contribution in [0.15, 0.2) is 41.4 Å². The second-order valence-electron chi connectivity index (χ2n) is 5.83. The van der Waals surface area contributed by atoms with Crippen molar-refractivity contribution in [2.24, 2.45) is 4.99 Å². The van der Waals surface area contributed by atoms with Crippen molar-refractivity contribution in [3.05, 3.63) is 56.7 Å². The Morgan fingerprint density at radius 1 is 1.04 bits per heavy atom. The van der Waals surface area contributed by atoms with E-state index in [0.29, 0.717) is 0 Å². The predicted molar refractivity (Wildman–Crippen MR) is 105 cm³/mol. The summed E-state index contributed by atoms with van der Waals surface area (Å²) in [6.07, 6.45) is 1.96. The summed E-state index contributed by atoms with van der Waals surface area (Å²) < 4.78 is 6.69. The molecule has 1 fully saturated rings. The monoisotopic (exact) mass is 420 g/mol. The molecule has 120 valence electrons. The number of hydrogen-bond donors (Lipinski definition) is 0. The van der Waals surface area contributed by atoms with Crippen LogP contribution in [0, 0.1) is 17.4 Å². The van der Waals surface area contributed by atoms with E-state index >= 15 is 0 Å². The Hall–Kier alpha value is -1.40. The highest BCUT2D eigenvalue weighted by molar-refractivity contribution is 14.1. The molecule has 1 aliphatic heterocycles. The van der Waals surface area contributed by atoms with Crippen LogP contribution in [0.3, 0.4) is 0 Å². The number of halogens is 1. The van der Waals surface area contributed by atoms with Gasteiger partial charge in [-0.05, 0) is 83.5 Å². The van der Waals surface area contributed by atoms with Gasteiger partial charge < -0.3 is 9.64 Å². The average molecular weight is 420 g/mol. The van der Waals surface area contributed by atoms with Crippen molar-refractivity contribution in [3.63, 3.8) is 0 Å². The molecule has 0 atom stereocenters. The molecule has 1 heterocycles. The van der Waals surface area contributed by atoms with Gasteiger partial charge in [-0.15, -0.1) is 0 Å². The van der Waals surface area contributed by atoms with E-state index < -0.39 is 0 Å². The molecule has 3 nitrogen and oxygen atoms in total. The quantitative estimate of drug-likeness (QED) is 0.540. The summed E-state index contributed by atoms with van der Waals surface area (Å²) >= 11 is 2.35. The smallest absolute Gasteiger partial charge is 0.0642 e. The van der Waals surface area contributed by atoms with Crippen LogP contribution in [-0.4, -0.2) is 32.5 Å². The molecule has 1 aliphatic rings. The number of aryl methyl sites for hydroxylation is 2. The SMILES string of the molecule is Cc1cc(N=Cc2ccc(N3CCOCC3)cc2C)ccc1I. The highest BCUT2D eigenvalue weighted by atomic mass is 127. The number of rotatable bonds is 3. The Bertz CT molecular complexity index is 721. The fourth-order valence-electron chi connectivity index (χ4n) is 2.68. The van der Waals surface area contributed by atoms with E-state index in [1.165, 1.54) is 25.9 Å². The van der Waals surface area contributed by atoms with E-state index in [2.05, 4.69) is 82.7 Å². The lowest BCUT2D eigenvalue weighted by Crippen LogP contribution is -2.36. The lowest BCUT2D eigenvalue weighted by atomic mass is 10.1. The van der Waals surface area contributed by atoms with Gasteiger partial charge in [0.2, 0.25) is 0 Å². The fourth-order valence-corrected chi connectivity index (χ4v) is 3.01. The van der Waals surface area contributed by atoms with Crippen molar-refractivity contribution < 1.29 is 4.74 Å². The Balaban J connectivity index is 1.77. The maximum Gasteiger partial charge on any atom is 0.0642 e. The number of aliphatic imine (C=N–C) groups is 1. The van der Waals surface area contributed by atoms with E-state index in [4.69, 9.17) is 4.74 Å². The van der Waals surface area contributed by atoms with Gasteiger partial charge in [0.25, 0.3) is 0 Å². The van der Waals surface area contributed by atoms with Crippen molar-refractivity contribution in [3.8, 4) is 0 Å². The zero-order chi connectivity index (χ0) is 16.2. The summed E-state index contributed by atoms with van der Waals surface area (Å²) in [5.74, 6) is 0. The molecule has 2 aromatic rings. The Morgan fingerprint density at radius 3 is 2.52 bits per heavy atom. The largest absolute Gasteiger partial charge is 0.378 e. The molecule has 0 unspecified atom stereocenters. The van der Waals surface area contributed by atoms with Crippen molar-refractivity contribution in [2.75, 3.05) is 31.2 Å². The van der Waals surface area contributed by atoms with Gasteiger partial charge in [0.05, 0.1) is 18.9 Å². The molecule has 0 N–H and O–H groups in total. The summed E-state index contributed by atoms with van der Waals surface area (Å²) in [7, 11) is 0. The van der Waals surface area contributed by atoms with Crippen molar-refractivity contribution in [1.82, 2.24) is 0 Å². The molecular weight excluding hydrogens is 399 g/mol. The molecule has 0 radical (unpaired) electrons. The first-order chi connectivity index (χ1) is 11.1. The number of benzene rings is 2. The minimum absolute atomic E-state index is 0.814. The minimum atomic E-state index is 0.814. The van der Waals surface area contributed by atoms with Gasteiger partial charge in [-0.1, -0.05) is 6.07 Å². The van der Waals surface area contributed by atoms with Crippen molar-refractivity contribution in [2.45, 2.75) is 13.8 Å². The van der Waals surface area contributed by atoms with E-state index in [0.717, 1.165) is 32.0 Å². The highest BCUT2D eigenvalue weighted by Gasteiger charge is 2.11. The highest BCUT2D eigenvalue weighted by Crippen LogP contribution is 2.22. The lowest BCUT2D eigenvalue weighted by molar-refractivity contribution is 0.122. The van der Waals surface area contributed by atoms with Crippen LogP contribution in [0.25, 0.3) is 0 Å². The molecule has 0 spiro atoms. The maximum atomic E-state index is 5.42. The summed E-state index contributed by atoms with van der Waals surface area (Å²) in [4.78, 5) is 6.99. The van der Waals surface area contributed by atoms with Gasteiger partial charge >= 0.3 is 0 Å². The molecule has 0 aromatic heterocycles. The van der Waals surface area contributed by atoms with E-state index in [-0.39, 0.29) is 0 Å². The summed E-state index contributed by atoms with van der Waals surface area (Å²) in [5, 5.41) is 0. The van der Waals surface area contributed by atoms with E-state index in [1.807, 2.05) is 6.21 Å². The molecule has 3 rings (SSSR count). The first kappa shape index (κ1) is 16.5. The maximum absolute atomic E-state index is 5.42. The van der Waals surface area contributed by atoms with Crippen LogP contribution >= 0.6 is 22.6 Å². The number of hydrogen-bond acceptors (Lipinski definition) is 3. The molecule has 2 aromatic carbocycles. The minimum Gasteiger partial charge on any atom is -0.378 e. The molecule has 0 aliphatic carbocycles. The Morgan fingerprint density at radius 2 is 1.83 bits per heavy atom. The number of anilines is 1. The Kier molecular flexibility index (Phi) is 5.33. The standard InChI is InChI=1S/C19H21IN2O/c1-14-12-18(22-7-9-23-10-8-22)5-3-16(14)13-21-17-4-6-19(20)15(2)11-17/h3-6,11-13H,7-10H2,1-2H3. The van der Waals surface area contributed by atoms with Gasteiger partial charge in [-0.25, -0.2) is 0 Å². The molecule has 4 heteroatoms. The number of ether oxygens (including phenoxy) is 1. The van der Waals surface area contributed by atoms with Crippen molar-refractivity contribution in [1.29, 1.82) is 0 Å². The van der Waals surface area contributed by atoms with Crippen LogP contribution in [0.4, 0.5) is 11.4 Å². The van der Waals surface area contributed by atoms with Gasteiger partial charge in [-0.3, -0.25) is 4.99 Å². The van der Waals surface area contributed by atoms with Crippen LogP contribution in [-0.2, 0) is 4.74 Å². The first-order valence-electron chi connectivity index (χ1n) is 7.87. The van der Waals surface area contributed by atoms with Crippen LogP contribution in [0.1, 0.15) is 16.7 Å². The topological polar surface area (TPSA) is 24.8 Å². The number of morpholine rings is 1. The van der Waals surface area contributed by atoms with Crippen LogP contribution in [0.5, 0.6) is 0 Å². The second kappa shape index (κ2) is 7.45. The van der Waals surface area contributed by atoms with E-state index in [1.54, 1.807) is 0 Å². The molecule has 23 heavy (non-hydrogen) atoms. The number of nitrogens with zero attached hydrogens (tertiary/aromatic N) is 2. The third kappa shape index (κ3) is 4.12. The molecule has 0 amide bonds. The second-order valence-corrected chi connectivity index (χ2v) is 6.99. The zero-order valence-electron chi connectivity index (χ0n) is 13.6. The fraction of sp³-hybridized carbons (Fsp3) is 0.316. The van der Waals surface area contributed by atoms with Crippen molar-refractivity contribution >= 4 is 40.2 Å². The van der Waals surface area contributed by atoms with Gasteiger partial charge in [-0.2, -0.15) is 0 Å². The summed E-state index contributed by atoms with van der Waals surface area (Å²) in [6.45, 7) is 7.82. The normalized spacial score (nSPS) is 15.3. The van der Waals surface area contributed by atoms with Gasteiger partial charge in [0.1, 0.15) is 0 Å². The van der Waals surface area contributed by atoms with Crippen LogP contribution in [0.2, 0.25) is 0 Å². The average Bonchev–Trinajstić information content (AvgIpc) is 2.57. The summed E-state index contributed by atoms with van der Waals surface area (Å²) in [6, 6.07) is 12.9. The molecular formula is C19H21IN2O. The summed E-state index contributed by atoms with van der Waals surface area (Å²) in [5.41, 5.74) is 5.95. The van der Waals surface area contributed by atoms with Crippen LogP contribution < -0.4 is 4.90 Å². The predicted octanol–water partition coefficient (Wildman–Crippen LogP) is 4.50. The first-order valence-corrected chi connectivity index (χ1v) is 8.95. The Labute approximate surface area is 151 Å². The third-order valence-electron chi connectivity index (χ3n) is 4.12. The molecule has 0 bridgehead atoms. The van der Waals surface area contributed by atoms with Gasteiger partial charge in [0, 0.05) is 28.6 Å². The zero-order valence-corrected chi connectivity index (χ0v) is 15.7. The molecule has 0 saturated carbocycles. The van der Waals surface area contributed by atoms with Gasteiger partial charge in [0.15, 0.2) is 0 Å². The third-order valence-corrected chi connectivity index (χ3v) is 5.33. The van der Waals surface area contributed by atoms with E-state index in [9.17, 15) is 0 Å².